The molecule has 0 spiro atoms. The first-order valence-corrected chi connectivity index (χ1v) is 6.81. The zero-order chi connectivity index (χ0) is 14.1. The molecule has 0 radical (unpaired) electrons. The highest BCUT2D eigenvalue weighted by molar-refractivity contribution is 7.80. The van der Waals surface area contributed by atoms with Crippen LogP contribution < -0.4 is 15.5 Å². The first-order chi connectivity index (χ1) is 9.11. The second-order valence-electron chi connectivity index (χ2n) is 4.39. The Morgan fingerprint density at radius 2 is 2.05 bits per heavy atom. The molecule has 0 aliphatic heterocycles. The number of hydrogen-bond donors (Lipinski definition) is 2. The van der Waals surface area contributed by atoms with E-state index in [0.29, 0.717) is 24.2 Å². The molecular weight excluding hydrogens is 258 g/mol. The van der Waals surface area contributed by atoms with Gasteiger partial charge in [0.05, 0.1) is 6.61 Å². The van der Waals surface area contributed by atoms with Crippen molar-refractivity contribution in [1.82, 2.24) is 10.7 Å². The van der Waals surface area contributed by atoms with Gasteiger partial charge in [-0.25, -0.2) is 0 Å². The normalized spacial score (nSPS) is 10.7. The lowest BCUT2D eigenvalue weighted by Gasteiger charge is -2.08. The van der Waals surface area contributed by atoms with Crippen molar-refractivity contribution in [1.29, 1.82) is 0 Å². The van der Waals surface area contributed by atoms with Crippen LogP contribution in [0.3, 0.4) is 0 Å². The quantitative estimate of drug-likeness (QED) is 0.477. The van der Waals surface area contributed by atoms with Gasteiger partial charge in [-0.2, -0.15) is 5.10 Å². The van der Waals surface area contributed by atoms with Crippen molar-refractivity contribution in [3.8, 4) is 5.75 Å². The Kier molecular flexibility index (Phi) is 6.89. The Hall–Kier alpha value is -1.62. The van der Waals surface area contributed by atoms with Crippen LogP contribution in [0.4, 0.5) is 0 Å². The summed E-state index contributed by atoms with van der Waals surface area (Å²) in [7, 11) is 0. The molecule has 0 aromatic heterocycles. The number of hydrogen-bond acceptors (Lipinski definition) is 3. The van der Waals surface area contributed by atoms with E-state index >= 15 is 0 Å². The van der Waals surface area contributed by atoms with Gasteiger partial charge in [-0.05, 0) is 42.8 Å². The maximum absolute atomic E-state index is 5.38. The second kappa shape index (κ2) is 8.48. The number of thiocarbonyl (C=S) groups is 1. The van der Waals surface area contributed by atoms with Crippen LogP contribution in [-0.2, 0) is 6.54 Å². The summed E-state index contributed by atoms with van der Waals surface area (Å²) in [5.74, 6) is 1.29. The molecule has 4 nitrogen and oxygen atoms in total. The van der Waals surface area contributed by atoms with Crippen molar-refractivity contribution in [2.45, 2.75) is 27.3 Å². The lowest BCUT2D eigenvalue weighted by Crippen LogP contribution is -2.31. The van der Waals surface area contributed by atoms with Crippen molar-refractivity contribution in [3.63, 3.8) is 0 Å². The number of ether oxygens (including phenoxy) is 1. The maximum atomic E-state index is 5.38. The highest BCUT2D eigenvalue weighted by Gasteiger charge is 1.97. The molecule has 0 atom stereocenters. The molecule has 0 aliphatic rings. The van der Waals surface area contributed by atoms with Gasteiger partial charge in [-0.3, -0.25) is 5.43 Å². The first kappa shape index (κ1) is 15.4. The molecule has 19 heavy (non-hydrogen) atoms. The summed E-state index contributed by atoms with van der Waals surface area (Å²) in [5.41, 5.74) is 3.92. The number of benzene rings is 1. The summed E-state index contributed by atoms with van der Waals surface area (Å²) in [4.78, 5) is 0. The Morgan fingerprint density at radius 1 is 1.37 bits per heavy atom. The predicted octanol–water partition coefficient (Wildman–Crippen LogP) is 2.69. The first-order valence-electron chi connectivity index (χ1n) is 6.40. The molecule has 1 aromatic rings. The van der Waals surface area contributed by atoms with E-state index in [0.717, 1.165) is 11.3 Å². The number of rotatable bonds is 6. The average molecular weight is 279 g/mol. The van der Waals surface area contributed by atoms with Crippen LogP contribution in [-0.4, -0.2) is 17.9 Å². The molecule has 2 N–H and O–H groups in total. The van der Waals surface area contributed by atoms with Gasteiger partial charge in [0.25, 0.3) is 0 Å². The molecule has 104 valence electrons. The Balaban J connectivity index is 2.33. The van der Waals surface area contributed by atoms with Gasteiger partial charge in [0.1, 0.15) is 5.75 Å². The molecule has 0 saturated heterocycles. The molecule has 0 aliphatic carbocycles. The highest BCUT2D eigenvalue weighted by atomic mass is 32.1. The van der Waals surface area contributed by atoms with Crippen LogP contribution in [0.1, 0.15) is 26.3 Å². The van der Waals surface area contributed by atoms with E-state index in [2.05, 4.69) is 29.7 Å². The second-order valence-corrected chi connectivity index (χ2v) is 4.80. The van der Waals surface area contributed by atoms with Crippen molar-refractivity contribution in [2.24, 2.45) is 11.0 Å². The molecule has 0 saturated carbocycles. The van der Waals surface area contributed by atoms with E-state index < -0.39 is 0 Å². The van der Waals surface area contributed by atoms with Gasteiger partial charge in [0, 0.05) is 12.8 Å². The lowest BCUT2D eigenvalue weighted by atomic mass is 10.2. The van der Waals surface area contributed by atoms with E-state index in [4.69, 9.17) is 17.0 Å². The minimum Gasteiger partial charge on any atom is -0.494 e. The predicted molar refractivity (Wildman–Crippen MR) is 83.5 cm³/mol. The van der Waals surface area contributed by atoms with Crippen molar-refractivity contribution < 1.29 is 4.74 Å². The summed E-state index contributed by atoms with van der Waals surface area (Å²) in [5, 5.41) is 7.63. The fourth-order valence-electron chi connectivity index (χ4n) is 1.34. The summed E-state index contributed by atoms with van der Waals surface area (Å²) in [6.45, 7) is 7.43. The molecule has 0 unspecified atom stereocenters. The zero-order valence-electron chi connectivity index (χ0n) is 11.6. The SMILES string of the molecule is CCOc1ccc(CNC(=S)N/N=C/C(C)C)cc1. The summed E-state index contributed by atoms with van der Waals surface area (Å²) < 4.78 is 5.38. The van der Waals surface area contributed by atoms with E-state index in [9.17, 15) is 0 Å². The third-order valence-corrected chi connectivity index (χ3v) is 2.46. The Morgan fingerprint density at radius 3 is 2.63 bits per heavy atom. The number of hydrazone groups is 1. The highest BCUT2D eigenvalue weighted by Crippen LogP contribution is 2.11. The third kappa shape index (κ3) is 6.76. The van der Waals surface area contributed by atoms with Crippen molar-refractivity contribution in [2.75, 3.05) is 6.61 Å². The summed E-state index contributed by atoms with van der Waals surface area (Å²) in [6, 6.07) is 7.93. The Labute approximate surface area is 120 Å². The summed E-state index contributed by atoms with van der Waals surface area (Å²) in [6.07, 6.45) is 1.81. The zero-order valence-corrected chi connectivity index (χ0v) is 12.5. The van der Waals surface area contributed by atoms with Crippen LogP contribution in [0.5, 0.6) is 5.75 Å². The standard InChI is InChI=1S/C14H21N3OS/c1-4-18-13-7-5-12(6-8-13)10-15-14(19)17-16-9-11(2)3/h5-9,11H,4,10H2,1-3H3,(H2,15,17,19)/b16-9+. The topological polar surface area (TPSA) is 45.6 Å². The third-order valence-electron chi connectivity index (χ3n) is 2.23. The molecular formula is C14H21N3OS. The van der Waals surface area contributed by atoms with E-state index in [-0.39, 0.29) is 0 Å². The van der Waals surface area contributed by atoms with Gasteiger partial charge >= 0.3 is 0 Å². The molecule has 0 fully saturated rings. The smallest absolute Gasteiger partial charge is 0.187 e. The van der Waals surface area contributed by atoms with Crippen molar-refractivity contribution >= 4 is 23.5 Å². The summed E-state index contributed by atoms with van der Waals surface area (Å²) >= 11 is 5.11. The van der Waals surface area contributed by atoms with Crippen LogP contribution in [0.15, 0.2) is 29.4 Å². The van der Waals surface area contributed by atoms with Gasteiger partial charge in [-0.1, -0.05) is 26.0 Å². The fourth-order valence-corrected chi connectivity index (χ4v) is 1.46. The van der Waals surface area contributed by atoms with Gasteiger partial charge < -0.3 is 10.1 Å². The molecule has 0 heterocycles. The van der Waals surface area contributed by atoms with Gasteiger partial charge in [0.15, 0.2) is 5.11 Å². The van der Waals surface area contributed by atoms with Crippen LogP contribution in [0.25, 0.3) is 0 Å². The largest absolute Gasteiger partial charge is 0.494 e. The van der Waals surface area contributed by atoms with Gasteiger partial charge in [-0.15, -0.1) is 0 Å². The lowest BCUT2D eigenvalue weighted by molar-refractivity contribution is 0.340. The van der Waals surface area contributed by atoms with Gasteiger partial charge in [0.2, 0.25) is 0 Å². The minimum absolute atomic E-state index is 0.404. The molecule has 1 rings (SSSR count). The van der Waals surface area contributed by atoms with Crippen LogP contribution in [0.2, 0.25) is 0 Å². The minimum atomic E-state index is 0.404. The Bertz CT molecular complexity index is 415. The maximum Gasteiger partial charge on any atom is 0.187 e. The van der Waals surface area contributed by atoms with Crippen LogP contribution >= 0.6 is 12.2 Å². The van der Waals surface area contributed by atoms with E-state index in [1.165, 1.54) is 0 Å². The monoisotopic (exact) mass is 279 g/mol. The number of nitrogens with one attached hydrogen (secondary N) is 2. The molecule has 1 aromatic carbocycles. The van der Waals surface area contributed by atoms with Crippen LogP contribution in [0, 0.1) is 5.92 Å². The van der Waals surface area contributed by atoms with E-state index in [1.807, 2.05) is 37.4 Å². The average Bonchev–Trinajstić information content (AvgIpc) is 2.38. The molecule has 0 bridgehead atoms. The number of nitrogens with zero attached hydrogens (tertiary/aromatic N) is 1. The molecule has 5 heteroatoms. The fraction of sp³-hybridized carbons (Fsp3) is 0.429. The van der Waals surface area contributed by atoms with E-state index in [1.54, 1.807) is 0 Å². The molecule has 0 amide bonds. The van der Waals surface area contributed by atoms with Crippen molar-refractivity contribution in [3.05, 3.63) is 29.8 Å².